The number of rotatable bonds is 5. The molecule has 1 aliphatic rings. The number of para-hydroxylation sites is 1. The van der Waals surface area contributed by atoms with Crippen molar-refractivity contribution in [3.63, 3.8) is 0 Å². The van der Waals surface area contributed by atoms with E-state index in [-0.39, 0.29) is 18.7 Å². The highest BCUT2D eigenvalue weighted by Gasteiger charge is 2.37. The van der Waals surface area contributed by atoms with Crippen LogP contribution in [-0.2, 0) is 19.1 Å². The quantitative estimate of drug-likeness (QED) is 0.635. The monoisotopic (exact) mass is 362 g/mol. The lowest BCUT2D eigenvalue weighted by Crippen LogP contribution is -2.37. The first-order valence-corrected chi connectivity index (χ1v) is 7.22. The van der Waals surface area contributed by atoms with E-state index in [4.69, 9.17) is 0 Å². The molecule has 1 N–H and O–H groups in total. The van der Waals surface area contributed by atoms with Crippen LogP contribution in [0.5, 0.6) is 0 Å². The van der Waals surface area contributed by atoms with E-state index in [1.807, 2.05) is 0 Å². The van der Waals surface area contributed by atoms with Gasteiger partial charge in [0.05, 0.1) is 11.6 Å². The molecule has 6 nitrogen and oxygen atoms in total. The van der Waals surface area contributed by atoms with Gasteiger partial charge in [-0.05, 0) is 12.1 Å². The first-order chi connectivity index (χ1) is 11.7. The summed E-state index contributed by atoms with van der Waals surface area (Å²) < 4.78 is 54.2. The lowest BCUT2D eigenvalue weighted by Gasteiger charge is -2.17. The van der Waals surface area contributed by atoms with Gasteiger partial charge in [-0.15, -0.1) is 0 Å². The zero-order valence-corrected chi connectivity index (χ0v) is 12.8. The van der Waals surface area contributed by atoms with Gasteiger partial charge in [0, 0.05) is 13.0 Å². The summed E-state index contributed by atoms with van der Waals surface area (Å²) in [5.41, 5.74) is 0.0192. The van der Waals surface area contributed by atoms with Crippen LogP contribution in [0.15, 0.2) is 24.3 Å². The van der Waals surface area contributed by atoms with Crippen molar-refractivity contribution < 1.29 is 36.7 Å². The van der Waals surface area contributed by atoms with E-state index >= 15 is 0 Å². The zero-order valence-electron chi connectivity index (χ0n) is 12.8. The third kappa shape index (κ3) is 5.16. The van der Waals surface area contributed by atoms with Crippen LogP contribution in [0.1, 0.15) is 6.42 Å². The molecule has 0 unspecified atom stereocenters. The Balaban J connectivity index is 1.86. The van der Waals surface area contributed by atoms with Crippen LogP contribution in [0.3, 0.4) is 0 Å². The van der Waals surface area contributed by atoms with Gasteiger partial charge in [-0.3, -0.25) is 14.4 Å². The number of carbonyl (C=O) groups is 3. The van der Waals surface area contributed by atoms with Crippen LogP contribution >= 0.6 is 0 Å². The van der Waals surface area contributed by atoms with Crippen LogP contribution < -0.4 is 10.2 Å². The van der Waals surface area contributed by atoms with Crippen molar-refractivity contribution in [1.29, 1.82) is 0 Å². The molecule has 1 fully saturated rings. The van der Waals surface area contributed by atoms with Crippen molar-refractivity contribution in [2.24, 2.45) is 5.92 Å². The minimum absolute atomic E-state index is 0.0192. The van der Waals surface area contributed by atoms with E-state index in [2.05, 4.69) is 4.74 Å². The van der Waals surface area contributed by atoms with Gasteiger partial charge in [-0.2, -0.15) is 13.2 Å². The number of amides is 2. The Hall–Kier alpha value is -2.65. The van der Waals surface area contributed by atoms with Gasteiger partial charge < -0.3 is 15.0 Å². The summed E-state index contributed by atoms with van der Waals surface area (Å²) in [7, 11) is 0. The summed E-state index contributed by atoms with van der Waals surface area (Å²) in [6, 6.07) is 5.53. The second-order valence-corrected chi connectivity index (χ2v) is 5.36. The zero-order chi connectivity index (χ0) is 18.6. The van der Waals surface area contributed by atoms with Crippen molar-refractivity contribution in [2.45, 2.75) is 12.6 Å². The summed E-state index contributed by atoms with van der Waals surface area (Å²) in [5.74, 6) is -4.07. The first kappa shape index (κ1) is 18.7. The highest BCUT2D eigenvalue weighted by molar-refractivity contribution is 5.99. The third-order valence-corrected chi connectivity index (χ3v) is 3.43. The average molecular weight is 362 g/mol. The SMILES string of the molecule is O=C(COC(=O)[C@@H]1CC(=O)N(c2ccccc2F)C1)NCC(F)(F)F. The van der Waals surface area contributed by atoms with Crippen LogP contribution in [-0.4, -0.2) is 43.7 Å². The number of carbonyl (C=O) groups excluding carboxylic acids is 3. The largest absolute Gasteiger partial charge is 0.455 e. The molecular weight excluding hydrogens is 348 g/mol. The number of nitrogens with zero attached hydrogens (tertiary/aromatic N) is 1. The van der Waals surface area contributed by atoms with Crippen molar-refractivity contribution in [3.8, 4) is 0 Å². The van der Waals surface area contributed by atoms with E-state index in [9.17, 15) is 31.9 Å². The molecule has 2 amide bonds. The first-order valence-electron chi connectivity index (χ1n) is 7.22. The molecule has 1 saturated heterocycles. The number of halogens is 4. The molecule has 0 spiro atoms. The number of esters is 1. The maximum atomic E-state index is 13.7. The van der Waals surface area contributed by atoms with Crippen molar-refractivity contribution in [1.82, 2.24) is 5.32 Å². The summed E-state index contributed by atoms with van der Waals surface area (Å²) in [4.78, 5) is 36.1. The Morgan fingerprint density at radius 3 is 2.60 bits per heavy atom. The number of benzene rings is 1. The smallest absolute Gasteiger partial charge is 0.405 e. The molecular formula is C15H14F4N2O4. The molecule has 2 rings (SSSR count). The highest BCUT2D eigenvalue weighted by atomic mass is 19.4. The molecule has 25 heavy (non-hydrogen) atoms. The molecule has 136 valence electrons. The molecule has 1 aromatic carbocycles. The lowest BCUT2D eigenvalue weighted by molar-refractivity contribution is -0.154. The molecule has 1 aromatic rings. The van der Waals surface area contributed by atoms with Gasteiger partial charge >= 0.3 is 12.1 Å². The fourth-order valence-corrected chi connectivity index (χ4v) is 2.27. The van der Waals surface area contributed by atoms with Crippen LogP contribution in [0.4, 0.5) is 23.2 Å². The normalized spacial score (nSPS) is 17.5. The molecule has 1 atom stereocenters. The van der Waals surface area contributed by atoms with Gasteiger partial charge in [-0.1, -0.05) is 12.1 Å². The van der Waals surface area contributed by atoms with Gasteiger partial charge in [0.1, 0.15) is 12.4 Å². The Labute approximate surface area is 139 Å². The predicted molar refractivity (Wildman–Crippen MR) is 76.9 cm³/mol. The van der Waals surface area contributed by atoms with Crippen molar-refractivity contribution in [3.05, 3.63) is 30.1 Å². The van der Waals surface area contributed by atoms with Gasteiger partial charge in [0.2, 0.25) is 5.91 Å². The van der Waals surface area contributed by atoms with Crippen LogP contribution in [0, 0.1) is 11.7 Å². The molecule has 0 saturated carbocycles. The minimum Gasteiger partial charge on any atom is -0.455 e. The summed E-state index contributed by atoms with van der Waals surface area (Å²) >= 11 is 0. The Morgan fingerprint density at radius 1 is 1.28 bits per heavy atom. The lowest BCUT2D eigenvalue weighted by atomic mass is 10.1. The molecule has 0 aliphatic carbocycles. The minimum atomic E-state index is -4.57. The Morgan fingerprint density at radius 2 is 1.96 bits per heavy atom. The molecule has 0 radical (unpaired) electrons. The van der Waals surface area contributed by atoms with Crippen molar-refractivity contribution in [2.75, 3.05) is 24.6 Å². The third-order valence-electron chi connectivity index (χ3n) is 3.43. The number of hydrogen-bond acceptors (Lipinski definition) is 4. The molecule has 1 heterocycles. The summed E-state index contributed by atoms with van der Waals surface area (Å²) in [6.45, 7) is -2.56. The summed E-state index contributed by atoms with van der Waals surface area (Å²) in [6.07, 6.45) is -4.81. The van der Waals surface area contributed by atoms with Crippen molar-refractivity contribution >= 4 is 23.5 Å². The predicted octanol–water partition coefficient (Wildman–Crippen LogP) is 1.40. The maximum absolute atomic E-state index is 13.7. The average Bonchev–Trinajstić information content (AvgIpc) is 2.92. The van der Waals surface area contributed by atoms with Gasteiger partial charge in [0.15, 0.2) is 6.61 Å². The highest BCUT2D eigenvalue weighted by Crippen LogP contribution is 2.27. The number of hydrogen-bond donors (Lipinski definition) is 1. The second-order valence-electron chi connectivity index (χ2n) is 5.36. The molecule has 0 aromatic heterocycles. The van der Waals surface area contributed by atoms with E-state index in [1.165, 1.54) is 24.3 Å². The number of alkyl halides is 3. The number of ether oxygens (including phenoxy) is 1. The van der Waals surface area contributed by atoms with E-state index in [0.29, 0.717) is 0 Å². The van der Waals surface area contributed by atoms with E-state index < -0.39 is 48.8 Å². The standard InChI is InChI=1S/C15H14F4N2O4/c16-10-3-1-2-4-11(10)21-6-9(5-13(21)23)14(24)25-7-12(22)20-8-15(17,18)19/h1-4,9H,5-8H2,(H,20,22)/t9-/m1/s1. The van der Waals surface area contributed by atoms with Crippen LogP contribution in [0.25, 0.3) is 0 Å². The summed E-state index contributed by atoms with van der Waals surface area (Å²) in [5, 5.41) is 1.55. The van der Waals surface area contributed by atoms with E-state index in [1.54, 1.807) is 5.32 Å². The van der Waals surface area contributed by atoms with E-state index in [0.717, 1.165) is 4.90 Å². The number of anilines is 1. The Kier molecular flexibility index (Phi) is 5.60. The van der Waals surface area contributed by atoms with Gasteiger partial charge in [0.25, 0.3) is 5.91 Å². The van der Waals surface area contributed by atoms with Gasteiger partial charge in [-0.25, -0.2) is 4.39 Å². The topological polar surface area (TPSA) is 75.7 Å². The molecule has 0 bridgehead atoms. The molecule has 10 heteroatoms. The van der Waals surface area contributed by atoms with Crippen LogP contribution in [0.2, 0.25) is 0 Å². The second kappa shape index (κ2) is 7.49. The Bertz CT molecular complexity index is 678. The molecule has 1 aliphatic heterocycles. The maximum Gasteiger partial charge on any atom is 0.405 e. The fourth-order valence-electron chi connectivity index (χ4n) is 2.27. The number of nitrogens with one attached hydrogen (secondary N) is 1. The fraction of sp³-hybridized carbons (Fsp3) is 0.400.